The van der Waals surface area contributed by atoms with Crippen LogP contribution >= 0.6 is 0 Å². The van der Waals surface area contributed by atoms with Crippen LogP contribution in [0.5, 0.6) is 0 Å². The van der Waals surface area contributed by atoms with Crippen molar-refractivity contribution in [3.05, 3.63) is 70.8 Å². The lowest BCUT2D eigenvalue weighted by Crippen LogP contribution is -2.47. The second-order valence-corrected chi connectivity index (χ2v) is 7.43. The molecule has 25 heavy (non-hydrogen) atoms. The third kappa shape index (κ3) is 2.86. The molecule has 0 radical (unpaired) electrons. The lowest BCUT2D eigenvalue weighted by atomic mass is 9.71. The van der Waals surface area contributed by atoms with Crippen molar-refractivity contribution in [2.75, 3.05) is 13.7 Å². The Hall–Kier alpha value is -2.15. The van der Waals surface area contributed by atoms with Gasteiger partial charge in [0.05, 0.1) is 17.7 Å². The highest BCUT2D eigenvalue weighted by molar-refractivity contribution is 5.39. The highest BCUT2D eigenvalue weighted by Crippen LogP contribution is 2.53. The topological polar surface area (TPSA) is 45.0 Å². The van der Waals surface area contributed by atoms with Gasteiger partial charge >= 0.3 is 0 Å². The zero-order chi connectivity index (χ0) is 17.3. The summed E-state index contributed by atoms with van der Waals surface area (Å²) >= 11 is 0. The first kappa shape index (κ1) is 16.3. The number of nitriles is 1. The third-order valence-corrected chi connectivity index (χ3v) is 5.98. The van der Waals surface area contributed by atoms with Gasteiger partial charge in [0.15, 0.2) is 0 Å². The highest BCUT2D eigenvalue weighted by atomic mass is 16.5. The van der Waals surface area contributed by atoms with Gasteiger partial charge in [-0.05, 0) is 55.0 Å². The Morgan fingerprint density at radius 1 is 1.20 bits per heavy atom. The van der Waals surface area contributed by atoms with Gasteiger partial charge in [-0.3, -0.25) is 0 Å². The molecule has 4 rings (SSSR count). The molecular formula is C22H24N2O. The van der Waals surface area contributed by atoms with Crippen LogP contribution in [0.4, 0.5) is 0 Å². The van der Waals surface area contributed by atoms with Crippen LogP contribution in [0.15, 0.2) is 48.5 Å². The van der Waals surface area contributed by atoms with Crippen molar-refractivity contribution in [3.63, 3.8) is 0 Å². The van der Waals surface area contributed by atoms with Crippen molar-refractivity contribution in [3.8, 4) is 6.07 Å². The zero-order valence-corrected chi connectivity index (χ0v) is 14.7. The molecule has 1 spiro atoms. The van der Waals surface area contributed by atoms with Crippen LogP contribution in [-0.2, 0) is 17.6 Å². The van der Waals surface area contributed by atoms with E-state index in [1.807, 2.05) is 25.3 Å². The molecule has 1 N–H and O–H groups in total. The molecule has 0 aromatic heterocycles. The fraction of sp³-hybridized carbons (Fsp3) is 0.409. The Labute approximate surface area is 149 Å². The van der Waals surface area contributed by atoms with E-state index < -0.39 is 0 Å². The molecule has 128 valence electrons. The first-order valence-corrected chi connectivity index (χ1v) is 9.08. The number of rotatable bonds is 3. The van der Waals surface area contributed by atoms with Gasteiger partial charge in [-0.1, -0.05) is 42.5 Å². The van der Waals surface area contributed by atoms with E-state index in [4.69, 9.17) is 4.74 Å². The van der Waals surface area contributed by atoms with Crippen molar-refractivity contribution >= 4 is 0 Å². The number of benzene rings is 2. The Morgan fingerprint density at radius 3 is 2.84 bits per heavy atom. The zero-order valence-electron chi connectivity index (χ0n) is 14.7. The fourth-order valence-corrected chi connectivity index (χ4v) is 4.94. The van der Waals surface area contributed by atoms with Crippen LogP contribution < -0.4 is 5.32 Å². The molecule has 1 aliphatic carbocycles. The number of nitrogens with one attached hydrogen (secondary N) is 1. The normalized spacial score (nSPS) is 27.8. The molecule has 0 saturated carbocycles. The number of piperidine rings is 1. The minimum Gasteiger partial charge on any atom is -0.376 e. The molecule has 2 aromatic rings. The SMILES string of the molecule is COC1c2ccccc2CC12CCNC(Cc1ccccc1C#N)C2. The maximum Gasteiger partial charge on any atom is 0.0994 e. The van der Waals surface area contributed by atoms with E-state index in [2.05, 4.69) is 41.7 Å². The van der Waals surface area contributed by atoms with E-state index in [0.717, 1.165) is 43.4 Å². The highest BCUT2D eigenvalue weighted by Gasteiger charge is 2.48. The van der Waals surface area contributed by atoms with Crippen LogP contribution in [0.1, 0.15) is 41.2 Å². The van der Waals surface area contributed by atoms with Crippen molar-refractivity contribution in [2.24, 2.45) is 5.41 Å². The monoisotopic (exact) mass is 332 g/mol. The van der Waals surface area contributed by atoms with Gasteiger partial charge < -0.3 is 10.1 Å². The summed E-state index contributed by atoms with van der Waals surface area (Å²) in [5.41, 5.74) is 4.91. The molecule has 2 aromatic carbocycles. The van der Waals surface area contributed by atoms with Crippen LogP contribution in [0.2, 0.25) is 0 Å². The lowest BCUT2D eigenvalue weighted by Gasteiger charge is -2.42. The predicted octanol–water partition coefficient (Wildman–Crippen LogP) is 3.78. The number of nitrogens with zero attached hydrogens (tertiary/aromatic N) is 1. The smallest absolute Gasteiger partial charge is 0.0994 e. The molecule has 3 nitrogen and oxygen atoms in total. The Kier molecular flexibility index (Phi) is 4.33. The standard InChI is InChI=1S/C22H24N2O/c1-25-21-20-9-5-4-7-17(20)13-22(21)10-11-24-19(14-22)12-16-6-2-3-8-18(16)15-23/h2-9,19,21,24H,10-14H2,1H3. The van der Waals surface area contributed by atoms with Crippen LogP contribution in [0.3, 0.4) is 0 Å². The van der Waals surface area contributed by atoms with Crippen molar-refractivity contribution in [1.82, 2.24) is 5.32 Å². The number of ether oxygens (including phenoxy) is 1. The van der Waals surface area contributed by atoms with E-state index in [-0.39, 0.29) is 11.5 Å². The maximum absolute atomic E-state index is 9.36. The summed E-state index contributed by atoms with van der Waals surface area (Å²) in [6, 6.07) is 19.4. The van der Waals surface area contributed by atoms with Gasteiger partial charge in [0.2, 0.25) is 0 Å². The maximum atomic E-state index is 9.36. The van der Waals surface area contributed by atoms with Crippen molar-refractivity contribution < 1.29 is 4.74 Å². The summed E-state index contributed by atoms with van der Waals surface area (Å²) in [5.74, 6) is 0. The van der Waals surface area contributed by atoms with E-state index in [0.29, 0.717) is 6.04 Å². The molecule has 1 heterocycles. The number of methoxy groups -OCH3 is 1. The second kappa shape index (κ2) is 6.63. The average molecular weight is 332 g/mol. The third-order valence-electron chi connectivity index (χ3n) is 5.98. The summed E-state index contributed by atoms with van der Waals surface area (Å²) < 4.78 is 5.99. The average Bonchev–Trinajstić information content (AvgIpc) is 2.94. The Bertz CT molecular complexity index is 810. The molecule has 3 heteroatoms. The first-order valence-electron chi connectivity index (χ1n) is 9.08. The van der Waals surface area contributed by atoms with Gasteiger partial charge in [-0.25, -0.2) is 0 Å². The van der Waals surface area contributed by atoms with E-state index >= 15 is 0 Å². The van der Waals surface area contributed by atoms with Crippen LogP contribution in [0, 0.1) is 16.7 Å². The van der Waals surface area contributed by atoms with Crippen molar-refractivity contribution in [1.29, 1.82) is 5.26 Å². The summed E-state index contributed by atoms with van der Waals surface area (Å²) in [4.78, 5) is 0. The summed E-state index contributed by atoms with van der Waals surface area (Å²) in [6.45, 7) is 1.01. The number of hydrogen-bond donors (Lipinski definition) is 1. The second-order valence-electron chi connectivity index (χ2n) is 7.43. The van der Waals surface area contributed by atoms with Gasteiger partial charge in [0, 0.05) is 18.6 Å². The van der Waals surface area contributed by atoms with Gasteiger partial charge in [-0.2, -0.15) is 5.26 Å². The minimum absolute atomic E-state index is 0.177. The fourth-order valence-electron chi connectivity index (χ4n) is 4.94. The van der Waals surface area contributed by atoms with Crippen LogP contribution in [-0.4, -0.2) is 19.7 Å². The molecule has 3 atom stereocenters. The van der Waals surface area contributed by atoms with E-state index in [1.165, 1.54) is 11.1 Å². The predicted molar refractivity (Wildman–Crippen MR) is 98.2 cm³/mol. The van der Waals surface area contributed by atoms with E-state index in [9.17, 15) is 5.26 Å². The van der Waals surface area contributed by atoms with Crippen LogP contribution in [0.25, 0.3) is 0 Å². The quantitative estimate of drug-likeness (QED) is 0.930. The van der Waals surface area contributed by atoms with E-state index in [1.54, 1.807) is 0 Å². The molecule has 1 saturated heterocycles. The summed E-state index contributed by atoms with van der Waals surface area (Å²) in [7, 11) is 1.84. The molecule has 1 aliphatic heterocycles. The summed E-state index contributed by atoms with van der Waals surface area (Å²) in [5, 5.41) is 13.0. The Morgan fingerprint density at radius 2 is 2.00 bits per heavy atom. The number of fused-ring (bicyclic) bond motifs is 1. The molecule has 0 bridgehead atoms. The van der Waals surface area contributed by atoms with Gasteiger partial charge in [0.1, 0.15) is 0 Å². The van der Waals surface area contributed by atoms with Gasteiger partial charge in [-0.15, -0.1) is 0 Å². The van der Waals surface area contributed by atoms with Gasteiger partial charge in [0.25, 0.3) is 0 Å². The molecule has 3 unspecified atom stereocenters. The lowest BCUT2D eigenvalue weighted by molar-refractivity contribution is -0.0290. The first-order chi connectivity index (χ1) is 12.3. The minimum atomic E-state index is 0.177. The Balaban J connectivity index is 1.58. The molecule has 2 aliphatic rings. The van der Waals surface area contributed by atoms with Crippen molar-refractivity contribution in [2.45, 2.75) is 37.8 Å². The molecule has 0 amide bonds. The summed E-state index contributed by atoms with van der Waals surface area (Å²) in [6.07, 6.45) is 4.40. The largest absolute Gasteiger partial charge is 0.376 e. The number of hydrogen-bond acceptors (Lipinski definition) is 3. The molecule has 1 fully saturated rings. The molecular weight excluding hydrogens is 308 g/mol.